The second kappa shape index (κ2) is 7.34. The molecule has 2 rings (SSSR count). The third-order valence-electron chi connectivity index (χ3n) is 4.62. The predicted molar refractivity (Wildman–Crippen MR) is 97.8 cm³/mol. The lowest BCUT2D eigenvalue weighted by molar-refractivity contribution is -0.384. The lowest BCUT2D eigenvalue weighted by Gasteiger charge is -2.32. The Labute approximate surface area is 157 Å². The average Bonchev–Trinajstić information content (AvgIpc) is 2.78. The number of nitrogens with one attached hydrogen (secondary N) is 1. The van der Waals surface area contributed by atoms with Gasteiger partial charge in [0.15, 0.2) is 0 Å². The summed E-state index contributed by atoms with van der Waals surface area (Å²) in [6.45, 7) is 8.62. The summed E-state index contributed by atoms with van der Waals surface area (Å²) in [6.07, 6.45) is 0. The minimum absolute atomic E-state index is 0.0701. The molecule has 0 radical (unpaired) electrons. The van der Waals surface area contributed by atoms with Gasteiger partial charge in [-0.25, -0.2) is 4.79 Å². The number of carbonyl (C=O) groups excluding carboxylic acids is 3. The summed E-state index contributed by atoms with van der Waals surface area (Å²) in [4.78, 5) is 50.6. The Morgan fingerprint density at radius 2 is 1.70 bits per heavy atom. The molecule has 0 aliphatic carbocycles. The number of non-ortho nitro benzene ring substituents is 1. The Hall–Kier alpha value is -2.97. The minimum atomic E-state index is -1.38. The normalized spacial score (nSPS) is 19.6. The Kier molecular flexibility index (Phi) is 5.53. The van der Waals surface area contributed by atoms with Crippen molar-refractivity contribution in [1.29, 1.82) is 0 Å². The molecular weight excluding hydrogens is 352 g/mol. The highest BCUT2D eigenvalue weighted by molar-refractivity contribution is 6.09. The van der Waals surface area contributed by atoms with Crippen LogP contribution in [0.2, 0.25) is 0 Å². The summed E-state index contributed by atoms with van der Waals surface area (Å²) < 4.78 is 0. The number of rotatable bonds is 6. The van der Waals surface area contributed by atoms with Crippen molar-refractivity contribution in [1.82, 2.24) is 15.1 Å². The third-order valence-corrected chi connectivity index (χ3v) is 4.62. The Morgan fingerprint density at radius 1 is 1.19 bits per heavy atom. The molecule has 0 aromatic heterocycles. The Morgan fingerprint density at radius 3 is 2.15 bits per heavy atom. The van der Waals surface area contributed by atoms with E-state index in [-0.39, 0.29) is 30.2 Å². The van der Waals surface area contributed by atoms with E-state index in [0.29, 0.717) is 5.56 Å². The van der Waals surface area contributed by atoms with E-state index in [4.69, 9.17) is 0 Å². The lowest BCUT2D eigenvalue weighted by atomic mass is 9.92. The maximum Gasteiger partial charge on any atom is 0.325 e. The van der Waals surface area contributed by atoms with Crippen molar-refractivity contribution >= 4 is 23.5 Å². The van der Waals surface area contributed by atoms with Gasteiger partial charge < -0.3 is 10.2 Å². The van der Waals surface area contributed by atoms with E-state index in [1.54, 1.807) is 4.90 Å². The molecule has 146 valence electrons. The van der Waals surface area contributed by atoms with Crippen LogP contribution in [0, 0.1) is 10.1 Å². The molecule has 0 spiro atoms. The van der Waals surface area contributed by atoms with Gasteiger partial charge in [0.05, 0.1) is 4.92 Å². The number of hydrogen-bond donors (Lipinski definition) is 1. The molecule has 1 aromatic rings. The topological polar surface area (TPSA) is 113 Å². The Balaban J connectivity index is 2.25. The number of nitrogens with zero attached hydrogens (tertiary/aromatic N) is 3. The van der Waals surface area contributed by atoms with Crippen LogP contribution >= 0.6 is 0 Å². The fourth-order valence-corrected chi connectivity index (χ4v) is 3.34. The first-order valence-corrected chi connectivity index (χ1v) is 8.69. The number of amides is 4. The molecule has 1 heterocycles. The van der Waals surface area contributed by atoms with Gasteiger partial charge >= 0.3 is 6.03 Å². The zero-order chi connectivity index (χ0) is 20.5. The number of carbonyl (C=O) groups is 3. The van der Waals surface area contributed by atoms with Crippen molar-refractivity contribution in [3.05, 3.63) is 39.9 Å². The van der Waals surface area contributed by atoms with Gasteiger partial charge in [-0.2, -0.15) is 0 Å². The van der Waals surface area contributed by atoms with E-state index in [9.17, 15) is 24.5 Å². The number of hydrogen-bond acceptors (Lipinski definition) is 5. The number of urea groups is 1. The zero-order valence-corrected chi connectivity index (χ0v) is 16.1. The van der Waals surface area contributed by atoms with E-state index in [2.05, 4.69) is 5.32 Å². The highest BCUT2D eigenvalue weighted by Gasteiger charge is 2.50. The largest absolute Gasteiger partial charge is 0.336 e. The van der Waals surface area contributed by atoms with E-state index >= 15 is 0 Å². The third kappa shape index (κ3) is 3.76. The summed E-state index contributed by atoms with van der Waals surface area (Å²) in [7, 11) is 0. The summed E-state index contributed by atoms with van der Waals surface area (Å²) in [6, 6.07) is 4.59. The SMILES string of the molecule is CC(C)N(C(=O)CN1C(=O)N[C@@](C)(c2ccc([N+](=O)[O-])cc2)C1=O)C(C)C. The maximum atomic E-state index is 12.9. The minimum Gasteiger partial charge on any atom is -0.336 e. The molecule has 4 amide bonds. The molecule has 1 fully saturated rings. The fraction of sp³-hybridized carbons (Fsp3) is 0.500. The number of imide groups is 1. The molecule has 9 nitrogen and oxygen atoms in total. The molecule has 0 saturated carbocycles. The van der Waals surface area contributed by atoms with Crippen LogP contribution in [0.3, 0.4) is 0 Å². The standard InChI is InChI=1S/C18H24N4O5/c1-11(2)21(12(3)4)15(23)10-20-16(24)18(5,19-17(20)25)13-6-8-14(9-7-13)22(26)27/h6-9,11-12H,10H2,1-5H3,(H,19,25)/t18-/m0/s1. The van der Waals surface area contributed by atoms with Gasteiger partial charge in [-0.3, -0.25) is 24.6 Å². The number of nitro groups is 1. The number of nitro benzene ring substituents is 1. The van der Waals surface area contributed by atoms with Gasteiger partial charge in [-0.05, 0) is 52.3 Å². The van der Waals surface area contributed by atoms with Crippen LogP contribution in [0.5, 0.6) is 0 Å². The molecule has 1 atom stereocenters. The molecule has 1 saturated heterocycles. The number of benzene rings is 1. The van der Waals surface area contributed by atoms with Crippen LogP contribution in [-0.2, 0) is 15.1 Å². The highest BCUT2D eigenvalue weighted by Crippen LogP contribution is 2.30. The second-order valence-electron chi connectivity index (χ2n) is 7.24. The van der Waals surface area contributed by atoms with Crippen molar-refractivity contribution in [2.75, 3.05) is 6.54 Å². The van der Waals surface area contributed by atoms with Gasteiger partial charge in [-0.1, -0.05) is 0 Å². The summed E-state index contributed by atoms with van der Waals surface area (Å²) in [5, 5.41) is 13.4. The molecule has 0 bridgehead atoms. The smallest absolute Gasteiger partial charge is 0.325 e. The molecular formula is C18H24N4O5. The van der Waals surface area contributed by atoms with Crippen molar-refractivity contribution in [3.63, 3.8) is 0 Å². The average molecular weight is 376 g/mol. The zero-order valence-electron chi connectivity index (χ0n) is 16.1. The first kappa shape index (κ1) is 20.3. The summed E-state index contributed by atoms with van der Waals surface area (Å²) in [5.41, 5.74) is -1.09. The summed E-state index contributed by atoms with van der Waals surface area (Å²) >= 11 is 0. The van der Waals surface area contributed by atoms with E-state index in [1.807, 2.05) is 27.7 Å². The monoisotopic (exact) mass is 376 g/mol. The van der Waals surface area contributed by atoms with E-state index < -0.39 is 22.4 Å². The quantitative estimate of drug-likeness (QED) is 0.463. The van der Waals surface area contributed by atoms with E-state index in [1.165, 1.54) is 31.2 Å². The molecule has 1 N–H and O–H groups in total. The van der Waals surface area contributed by atoms with Gasteiger partial charge in [0.2, 0.25) is 5.91 Å². The van der Waals surface area contributed by atoms with Gasteiger partial charge in [0.25, 0.3) is 11.6 Å². The van der Waals surface area contributed by atoms with Crippen molar-refractivity contribution < 1.29 is 19.3 Å². The molecule has 0 unspecified atom stereocenters. The van der Waals surface area contributed by atoms with Gasteiger partial charge in [-0.15, -0.1) is 0 Å². The van der Waals surface area contributed by atoms with Crippen LogP contribution in [0.25, 0.3) is 0 Å². The molecule has 1 aliphatic heterocycles. The molecule has 1 aliphatic rings. The highest BCUT2D eigenvalue weighted by atomic mass is 16.6. The fourth-order valence-electron chi connectivity index (χ4n) is 3.34. The predicted octanol–water partition coefficient (Wildman–Crippen LogP) is 2.01. The van der Waals surface area contributed by atoms with Crippen LogP contribution in [-0.4, -0.2) is 51.2 Å². The lowest BCUT2D eigenvalue weighted by Crippen LogP contribution is -2.49. The first-order chi connectivity index (χ1) is 12.5. The first-order valence-electron chi connectivity index (χ1n) is 8.69. The Bertz CT molecular complexity index is 766. The maximum absolute atomic E-state index is 12.9. The van der Waals surface area contributed by atoms with Crippen LogP contribution < -0.4 is 5.32 Å². The van der Waals surface area contributed by atoms with Crippen LogP contribution in [0.15, 0.2) is 24.3 Å². The van der Waals surface area contributed by atoms with Crippen LogP contribution in [0.1, 0.15) is 40.2 Å². The molecule has 9 heteroatoms. The van der Waals surface area contributed by atoms with Crippen molar-refractivity contribution in [2.45, 2.75) is 52.2 Å². The van der Waals surface area contributed by atoms with Gasteiger partial charge in [0, 0.05) is 24.2 Å². The van der Waals surface area contributed by atoms with E-state index in [0.717, 1.165) is 4.90 Å². The van der Waals surface area contributed by atoms with Gasteiger partial charge in [0.1, 0.15) is 12.1 Å². The molecule has 1 aromatic carbocycles. The van der Waals surface area contributed by atoms with Crippen molar-refractivity contribution in [3.8, 4) is 0 Å². The van der Waals surface area contributed by atoms with Crippen LogP contribution in [0.4, 0.5) is 10.5 Å². The second-order valence-corrected chi connectivity index (χ2v) is 7.24. The molecule has 27 heavy (non-hydrogen) atoms. The van der Waals surface area contributed by atoms with Crippen molar-refractivity contribution in [2.24, 2.45) is 0 Å². The summed E-state index contributed by atoms with van der Waals surface area (Å²) in [5.74, 6) is -0.890.